The van der Waals surface area contributed by atoms with Gasteiger partial charge in [0.15, 0.2) is 5.13 Å². The number of carbonyl (C=O) groups is 2. The van der Waals surface area contributed by atoms with Crippen molar-refractivity contribution in [3.8, 4) is 10.4 Å². The highest BCUT2D eigenvalue weighted by molar-refractivity contribution is 7.19. The Bertz CT molecular complexity index is 937. The van der Waals surface area contributed by atoms with Crippen LogP contribution in [0, 0.1) is 5.92 Å². The second-order valence-corrected chi connectivity index (χ2v) is 7.57. The molecule has 0 fully saturated rings. The maximum Gasteiger partial charge on any atom is 0.321 e. The van der Waals surface area contributed by atoms with Crippen LogP contribution < -0.4 is 16.0 Å². The Morgan fingerprint density at radius 3 is 2.39 bits per heavy atom. The number of thiazole rings is 1. The van der Waals surface area contributed by atoms with E-state index >= 15 is 0 Å². The van der Waals surface area contributed by atoms with Gasteiger partial charge in [0.25, 0.3) is 0 Å². The predicted octanol–water partition coefficient (Wildman–Crippen LogP) is 4.73. The van der Waals surface area contributed by atoms with Gasteiger partial charge in [-0.15, -0.1) is 0 Å². The minimum atomic E-state index is -0.314. The largest absolute Gasteiger partial charge is 0.334 e. The van der Waals surface area contributed by atoms with Crippen molar-refractivity contribution in [1.29, 1.82) is 0 Å². The van der Waals surface area contributed by atoms with Crippen LogP contribution in [0.3, 0.4) is 0 Å². The first kappa shape index (κ1) is 19.6. The number of urea groups is 1. The molecule has 3 amide bonds. The van der Waals surface area contributed by atoms with Crippen LogP contribution in [0.2, 0.25) is 0 Å². The number of nitrogens with zero attached hydrogens (tertiary/aromatic N) is 1. The fourth-order valence-electron chi connectivity index (χ4n) is 2.38. The van der Waals surface area contributed by atoms with Crippen molar-refractivity contribution in [1.82, 2.24) is 10.3 Å². The molecular weight excluding hydrogens is 372 g/mol. The summed E-state index contributed by atoms with van der Waals surface area (Å²) in [6.45, 7) is 4.07. The molecule has 3 N–H and O–H groups in total. The summed E-state index contributed by atoms with van der Waals surface area (Å²) in [5.74, 6) is -0.0955. The van der Waals surface area contributed by atoms with Gasteiger partial charge >= 0.3 is 6.03 Å². The summed E-state index contributed by atoms with van der Waals surface area (Å²) in [5, 5.41) is 8.94. The van der Waals surface area contributed by atoms with E-state index in [2.05, 4.69) is 20.9 Å². The standard InChI is InChI=1S/C21H22N4O2S/c1-14(2)19(26)24-17-10-8-15(9-11-17)12-22-20(27)25-21-23-13-18(28-21)16-6-4-3-5-7-16/h3-11,13-14H,12H2,1-2H3,(H,24,26)(H2,22,23,25,27). The Labute approximate surface area is 168 Å². The molecule has 1 heterocycles. The summed E-state index contributed by atoms with van der Waals surface area (Å²) in [6, 6.07) is 17.0. The van der Waals surface area contributed by atoms with Gasteiger partial charge in [-0.2, -0.15) is 0 Å². The zero-order chi connectivity index (χ0) is 19.9. The summed E-state index contributed by atoms with van der Waals surface area (Å²) in [6.07, 6.45) is 1.75. The normalized spacial score (nSPS) is 10.5. The van der Waals surface area contributed by atoms with E-state index in [1.54, 1.807) is 6.20 Å². The Morgan fingerprint density at radius 2 is 1.71 bits per heavy atom. The average Bonchev–Trinajstić information content (AvgIpc) is 3.16. The second kappa shape index (κ2) is 9.14. The fraction of sp³-hybridized carbons (Fsp3) is 0.190. The molecule has 7 heteroatoms. The summed E-state index contributed by atoms with van der Waals surface area (Å²) in [4.78, 5) is 29.0. The van der Waals surface area contributed by atoms with Crippen molar-refractivity contribution in [3.05, 3.63) is 66.4 Å². The van der Waals surface area contributed by atoms with E-state index < -0.39 is 0 Å². The Morgan fingerprint density at radius 1 is 1.00 bits per heavy atom. The van der Waals surface area contributed by atoms with Crippen LogP contribution in [0.4, 0.5) is 15.6 Å². The molecule has 2 aromatic carbocycles. The van der Waals surface area contributed by atoms with Gasteiger partial charge in [-0.05, 0) is 23.3 Å². The number of carbonyl (C=O) groups excluding carboxylic acids is 2. The van der Waals surface area contributed by atoms with Crippen molar-refractivity contribution in [2.24, 2.45) is 5.92 Å². The maximum absolute atomic E-state index is 12.1. The van der Waals surface area contributed by atoms with Crippen molar-refractivity contribution < 1.29 is 9.59 Å². The lowest BCUT2D eigenvalue weighted by molar-refractivity contribution is -0.118. The van der Waals surface area contributed by atoms with Crippen molar-refractivity contribution in [2.45, 2.75) is 20.4 Å². The fourth-order valence-corrected chi connectivity index (χ4v) is 3.20. The zero-order valence-corrected chi connectivity index (χ0v) is 16.5. The topological polar surface area (TPSA) is 83.1 Å². The van der Waals surface area contributed by atoms with E-state index in [0.29, 0.717) is 11.7 Å². The molecule has 0 saturated carbocycles. The highest BCUT2D eigenvalue weighted by Gasteiger charge is 2.09. The first-order valence-corrected chi connectivity index (χ1v) is 9.79. The van der Waals surface area contributed by atoms with Gasteiger partial charge in [-0.25, -0.2) is 9.78 Å². The van der Waals surface area contributed by atoms with E-state index in [-0.39, 0.29) is 17.9 Å². The van der Waals surface area contributed by atoms with E-state index in [1.807, 2.05) is 68.4 Å². The lowest BCUT2D eigenvalue weighted by atomic mass is 10.1. The van der Waals surface area contributed by atoms with Crippen LogP contribution in [0.15, 0.2) is 60.8 Å². The number of hydrogen-bond acceptors (Lipinski definition) is 4. The van der Waals surface area contributed by atoms with Crippen molar-refractivity contribution >= 4 is 34.1 Å². The van der Waals surface area contributed by atoms with Gasteiger partial charge in [-0.3, -0.25) is 10.1 Å². The summed E-state index contributed by atoms with van der Waals surface area (Å²) < 4.78 is 0. The molecule has 0 unspecified atom stereocenters. The molecule has 6 nitrogen and oxygen atoms in total. The Hall–Kier alpha value is -3.19. The number of aromatic nitrogens is 1. The van der Waals surface area contributed by atoms with E-state index in [1.165, 1.54) is 11.3 Å². The minimum absolute atomic E-state index is 0.0245. The molecule has 0 saturated heterocycles. The van der Waals surface area contributed by atoms with Crippen molar-refractivity contribution in [2.75, 3.05) is 10.6 Å². The maximum atomic E-state index is 12.1. The SMILES string of the molecule is CC(C)C(=O)Nc1ccc(CNC(=O)Nc2ncc(-c3ccccc3)s2)cc1. The number of rotatable bonds is 6. The van der Waals surface area contributed by atoms with Gasteiger partial charge in [0.05, 0.1) is 4.88 Å². The van der Waals surface area contributed by atoms with Gasteiger partial charge in [0, 0.05) is 24.3 Å². The lowest BCUT2D eigenvalue weighted by Gasteiger charge is -2.09. The van der Waals surface area contributed by atoms with Gasteiger partial charge in [-0.1, -0.05) is 67.6 Å². The highest BCUT2D eigenvalue weighted by atomic mass is 32.1. The molecular formula is C21H22N4O2S. The first-order valence-electron chi connectivity index (χ1n) is 8.97. The Kier molecular flexibility index (Phi) is 6.39. The lowest BCUT2D eigenvalue weighted by Crippen LogP contribution is -2.28. The van der Waals surface area contributed by atoms with Crippen LogP contribution in [0.25, 0.3) is 10.4 Å². The quantitative estimate of drug-likeness (QED) is 0.565. The number of anilines is 2. The molecule has 3 aromatic rings. The third-order valence-corrected chi connectivity index (χ3v) is 4.95. The summed E-state index contributed by atoms with van der Waals surface area (Å²) in [7, 11) is 0. The number of amides is 3. The molecule has 0 spiro atoms. The van der Waals surface area contributed by atoms with E-state index in [4.69, 9.17) is 0 Å². The molecule has 0 atom stereocenters. The first-order chi connectivity index (χ1) is 13.5. The van der Waals surface area contributed by atoms with Crippen LogP contribution in [-0.2, 0) is 11.3 Å². The average molecular weight is 395 g/mol. The molecule has 28 heavy (non-hydrogen) atoms. The second-order valence-electron chi connectivity index (χ2n) is 6.54. The Balaban J connectivity index is 1.49. The van der Waals surface area contributed by atoms with E-state index in [9.17, 15) is 9.59 Å². The number of nitrogens with one attached hydrogen (secondary N) is 3. The molecule has 0 aliphatic heterocycles. The van der Waals surface area contributed by atoms with Gasteiger partial charge < -0.3 is 10.6 Å². The molecule has 144 valence electrons. The highest BCUT2D eigenvalue weighted by Crippen LogP contribution is 2.28. The van der Waals surface area contributed by atoms with Crippen LogP contribution in [-0.4, -0.2) is 16.9 Å². The summed E-state index contributed by atoms with van der Waals surface area (Å²) in [5.41, 5.74) is 2.74. The number of hydrogen-bond donors (Lipinski definition) is 3. The smallest absolute Gasteiger partial charge is 0.321 e. The van der Waals surface area contributed by atoms with Crippen LogP contribution in [0.5, 0.6) is 0 Å². The van der Waals surface area contributed by atoms with Crippen LogP contribution in [0.1, 0.15) is 19.4 Å². The van der Waals surface area contributed by atoms with Gasteiger partial charge in [0.2, 0.25) is 5.91 Å². The molecule has 3 rings (SSSR count). The third kappa shape index (κ3) is 5.40. The molecule has 0 aliphatic rings. The minimum Gasteiger partial charge on any atom is -0.334 e. The van der Waals surface area contributed by atoms with Crippen molar-refractivity contribution in [3.63, 3.8) is 0 Å². The van der Waals surface area contributed by atoms with Crippen LogP contribution >= 0.6 is 11.3 Å². The molecule has 0 bridgehead atoms. The third-order valence-electron chi connectivity index (χ3n) is 3.98. The monoisotopic (exact) mass is 394 g/mol. The molecule has 0 aliphatic carbocycles. The zero-order valence-electron chi connectivity index (χ0n) is 15.7. The molecule has 1 aromatic heterocycles. The van der Waals surface area contributed by atoms with Gasteiger partial charge in [0.1, 0.15) is 0 Å². The predicted molar refractivity (Wildman–Crippen MR) is 113 cm³/mol. The summed E-state index contributed by atoms with van der Waals surface area (Å²) >= 11 is 1.42. The van der Waals surface area contributed by atoms with E-state index in [0.717, 1.165) is 21.7 Å². The molecule has 0 radical (unpaired) electrons. The number of benzene rings is 2.